The van der Waals surface area contributed by atoms with Gasteiger partial charge < -0.3 is 28.8 Å². The molecule has 0 aromatic rings. The van der Waals surface area contributed by atoms with Gasteiger partial charge >= 0.3 is 23.9 Å². The normalized spacial score (nSPS) is 23.3. The number of hydrogen-bond acceptors (Lipinski definition) is 13. The second kappa shape index (κ2) is 17.2. The van der Waals surface area contributed by atoms with Crippen molar-refractivity contribution in [2.45, 2.75) is 104 Å². The fourth-order valence-corrected chi connectivity index (χ4v) is 7.34. The number of carbonyl (C=O) groups excluding carboxylic acids is 4. The van der Waals surface area contributed by atoms with E-state index in [1.807, 2.05) is 0 Å². The summed E-state index contributed by atoms with van der Waals surface area (Å²) < 4.78 is 56.7. The highest BCUT2D eigenvalue weighted by Crippen LogP contribution is 2.45. The fourth-order valence-electron chi connectivity index (χ4n) is 5.99. The van der Waals surface area contributed by atoms with E-state index < -0.39 is 68.0 Å². The van der Waals surface area contributed by atoms with Crippen LogP contribution in [0.2, 0.25) is 0 Å². The lowest BCUT2D eigenvalue weighted by atomic mass is 9.66. The van der Waals surface area contributed by atoms with Crippen molar-refractivity contribution < 1.29 is 60.6 Å². The molecule has 2 fully saturated rings. The van der Waals surface area contributed by atoms with Crippen LogP contribution in [0.25, 0.3) is 0 Å². The largest absolute Gasteiger partial charge is 0.469 e. The van der Waals surface area contributed by atoms with Gasteiger partial charge in [-0.05, 0) is 85.0 Å². The van der Waals surface area contributed by atoms with Crippen molar-refractivity contribution >= 4 is 34.0 Å². The highest BCUT2D eigenvalue weighted by Gasteiger charge is 2.49. The summed E-state index contributed by atoms with van der Waals surface area (Å²) >= 11 is 0. The zero-order valence-corrected chi connectivity index (χ0v) is 29.3. The maximum Gasteiger partial charge on any atom is 0.311 e. The number of ether oxygens (including phenoxy) is 5. The Bertz CT molecular complexity index is 1140. The van der Waals surface area contributed by atoms with Gasteiger partial charge in [0.05, 0.1) is 47.7 Å². The molecular formula is C32H54O13S. The quantitative estimate of drug-likeness (QED) is 0.0652. The Balaban J connectivity index is 2.17. The van der Waals surface area contributed by atoms with Crippen molar-refractivity contribution in [3.63, 3.8) is 0 Å². The van der Waals surface area contributed by atoms with Crippen LogP contribution in [0.5, 0.6) is 0 Å². The van der Waals surface area contributed by atoms with Crippen molar-refractivity contribution in [2.75, 3.05) is 46.8 Å². The summed E-state index contributed by atoms with van der Waals surface area (Å²) in [5, 5.41) is 8.72. The maximum atomic E-state index is 13.5. The third-order valence-corrected chi connectivity index (χ3v) is 10.9. The van der Waals surface area contributed by atoms with Crippen molar-refractivity contribution in [3.05, 3.63) is 0 Å². The summed E-state index contributed by atoms with van der Waals surface area (Å²) in [7, 11) is -2.60. The van der Waals surface area contributed by atoms with Crippen LogP contribution in [0, 0.1) is 28.1 Å². The van der Waals surface area contributed by atoms with Gasteiger partial charge in [0.2, 0.25) is 0 Å². The number of epoxide rings is 1. The zero-order valence-electron chi connectivity index (χ0n) is 28.5. The maximum absolute atomic E-state index is 13.5. The smallest absolute Gasteiger partial charge is 0.311 e. The van der Waals surface area contributed by atoms with E-state index >= 15 is 0 Å². The van der Waals surface area contributed by atoms with Crippen molar-refractivity contribution in [2.24, 2.45) is 28.1 Å². The second-order valence-electron chi connectivity index (χ2n) is 13.9. The number of aliphatic hydroxyl groups excluding tert-OH is 1. The van der Waals surface area contributed by atoms with Crippen LogP contribution in [-0.4, -0.2) is 95.5 Å². The molecule has 1 saturated carbocycles. The molecule has 4 atom stereocenters. The van der Waals surface area contributed by atoms with Gasteiger partial charge in [-0.25, -0.2) is 0 Å². The van der Waals surface area contributed by atoms with Crippen LogP contribution in [0.4, 0.5) is 0 Å². The predicted octanol–water partition coefficient (Wildman–Crippen LogP) is 3.34. The van der Waals surface area contributed by atoms with Crippen LogP contribution >= 0.6 is 0 Å². The molecular weight excluding hydrogens is 624 g/mol. The molecule has 1 N–H and O–H groups in total. The Morgan fingerprint density at radius 3 is 2.00 bits per heavy atom. The van der Waals surface area contributed by atoms with Crippen LogP contribution in [0.15, 0.2) is 0 Å². The third-order valence-electron chi connectivity index (χ3n) is 9.15. The first-order valence-electron chi connectivity index (χ1n) is 16.1. The molecule has 1 aliphatic carbocycles. The summed E-state index contributed by atoms with van der Waals surface area (Å²) in [6, 6.07) is 0. The van der Waals surface area contributed by atoms with Gasteiger partial charge in [0.1, 0.15) is 32.5 Å². The number of rotatable bonds is 20. The molecule has 0 radical (unpaired) electrons. The summed E-state index contributed by atoms with van der Waals surface area (Å²) in [6.07, 6.45) is 2.50. The van der Waals surface area contributed by atoms with E-state index in [1.165, 1.54) is 7.11 Å². The van der Waals surface area contributed by atoms with E-state index in [0.29, 0.717) is 25.4 Å². The molecule has 13 nitrogen and oxygen atoms in total. The molecule has 2 rings (SSSR count). The standard InChI is InChI=1S/C32H54O13S/c1-8-31(5,28(36)42-15-16-45-46(38,39)25-11-9-22(2)10-12-25)21-32(6,29(37)41-14-13-33)18-23(26(34)40-7)17-30(3,4)27(35)44-20-24-19-43-24/h22-25,33H,8-21H2,1-7H3. The zero-order chi connectivity index (χ0) is 34.8. The minimum atomic E-state index is -3.80. The van der Waals surface area contributed by atoms with Gasteiger partial charge in [0, 0.05) is 0 Å². The molecule has 1 heterocycles. The Morgan fingerprint density at radius 2 is 1.46 bits per heavy atom. The van der Waals surface area contributed by atoms with Crippen LogP contribution < -0.4 is 0 Å². The molecule has 4 unspecified atom stereocenters. The SMILES string of the molecule is CCC(C)(CC(C)(CC(CC(C)(C)C(=O)OCC1CO1)C(=O)OC)C(=O)OCCO)C(=O)OCCOS(=O)(=O)C1CCC(C)CC1. The van der Waals surface area contributed by atoms with E-state index in [4.69, 9.17) is 27.9 Å². The highest BCUT2D eigenvalue weighted by molar-refractivity contribution is 7.87. The third kappa shape index (κ3) is 11.7. The molecule has 0 amide bonds. The highest BCUT2D eigenvalue weighted by atomic mass is 32.2. The molecule has 0 aromatic carbocycles. The summed E-state index contributed by atoms with van der Waals surface area (Å²) in [6.45, 7) is 9.50. The molecule has 2 aliphatic rings. The Hall–Kier alpha value is -2.29. The lowest BCUT2D eigenvalue weighted by molar-refractivity contribution is -0.167. The fraction of sp³-hybridized carbons (Fsp3) is 0.875. The van der Waals surface area contributed by atoms with Crippen LogP contribution in [0.3, 0.4) is 0 Å². The van der Waals surface area contributed by atoms with Gasteiger partial charge in [-0.3, -0.25) is 23.4 Å². The number of methoxy groups -OCH3 is 1. The van der Waals surface area contributed by atoms with E-state index in [2.05, 4.69) is 6.92 Å². The summed E-state index contributed by atoms with van der Waals surface area (Å²) in [4.78, 5) is 52.8. The Labute approximate surface area is 273 Å². The Kier molecular flexibility index (Phi) is 14.9. The summed E-state index contributed by atoms with van der Waals surface area (Å²) in [5.74, 6) is -3.10. The van der Waals surface area contributed by atoms with Crippen LogP contribution in [0.1, 0.15) is 92.9 Å². The summed E-state index contributed by atoms with van der Waals surface area (Å²) in [5.41, 5.74) is -3.85. The average Bonchev–Trinajstić information content (AvgIpc) is 3.84. The number of esters is 4. The number of aliphatic hydroxyl groups is 1. The molecule has 0 bridgehead atoms. The first-order valence-corrected chi connectivity index (χ1v) is 17.6. The predicted molar refractivity (Wildman–Crippen MR) is 166 cm³/mol. The molecule has 0 spiro atoms. The molecule has 14 heteroatoms. The molecule has 1 saturated heterocycles. The van der Waals surface area contributed by atoms with E-state index in [-0.39, 0.29) is 58.2 Å². The number of carbonyl (C=O) groups is 4. The lowest BCUT2D eigenvalue weighted by Gasteiger charge is -2.38. The first-order chi connectivity index (χ1) is 21.4. The van der Waals surface area contributed by atoms with Crippen molar-refractivity contribution in [1.82, 2.24) is 0 Å². The minimum absolute atomic E-state index is 0.0219. The minimum Gasteiger partial charge on any atom is -0.469 e. The molecule has 266 valence electrons. The van der Waals surface area contributed by atoms with Crippen LogP contribution in [-0.2, 0) is 57.2 Å². The van der Waals surface area contributed by atoms with E-state index in [9.17, 15) is 32.7 Å². The molecule has 0 aromatic heterocycles. The molecule has 1 aliphatic heterocycles. The monoisotopic (exact) mass is 678 g/mol. The van der Waals surface area contributed by atoms with Gasteiger partial charge in [-0.15, -0.1) is 0 Å². The topological polar surface area (TPSA) is 181 Å². The number of hydrogen-bond donors (Lipinski definition) is 1. The second-order valence-corrected chi connectivity index (χ2v) is 15.8. The first kappa shape index (κ1) is 39.9. The van der Waals surface area contributed by atoms with Gasteiger partial charge in [0.15, 0.2) is 0 Å². The van der Waals surface area contributed by atoms with Gasteiger partial charge in [-0.2, -0.15) is 8.42 Å². The van der Waals surface area contributed by atoms with E-state index in [0.717, 1.165) is 12.8 Å². The Morgan fingerprint density at radius 1 is 0.870 bits per heavy atom. The van der Waals surface area contributed by atoms with Crippen molar-refractivity contribution in [1.29, 1.82) is 0 Å². The van der Waals surface area contributed by atoms with Gasteiger partial charge in [-0.1, -0.05) is 13.8 Å². The van der Waals surface area contributed by atoms with Gasteiger partial charge in [0.25, 0.3) is 10.1 Å². The lowest BCUT2D eigenvalue weighted by Crippen LogP contribution is -2.43. The van der Waals surface area contributed by atoms with Crippen molar-refractivity contribution in [3.8, 4) is 0 Å². The average molecular weight is 679 g/mol. The molecule has 46 heavy (non-hydrogen) atoms. The van der Waals surface area contributed by atoms with E-state index in [1.54, 1.807) is 34.6 Å².